The Kier molecular flexibility index (Phi) is 8.71. The molecule has 0 unspecified atom stereocenters. The van der Waals surface area contributed by atoms with E-state index in [-0.39, 0.29) is 23.6 Å². The molecular weight excluding hydrogens is 466 g/mol. The Labute approximate surface area is 207 Å². The average molecular weight is 492 g/mol. The summed E-state index contributed by atoms with van der Waals surface area (Å²) in [5.41, 5.74) is 5.04. The number of hydrogen-bond donors (Lipinski definition) is 1. The van der Waals surface area contributed by atoms with Crippen LogP contribution in [-0.4, -0.2) is 36.2 Å². The van der Waals surface area contributed by atoms with E-state index >= 15 is 0 Å². The minimum atomic E-state index is -0.691. The molecule has 10 heteroatoms. The maximum Gasteiger partial charge on any atom is 0.343 e. The fraction of sp³-hybridized carbons (Fsp3) is 0.192. The third-order valence-electron chi connectivity index (χ3n) is 5.10. The van der Waals surface area contributed by atoms with Gasteiger partial charge in [0.1, 0.15) is 5.75 Å². The van der Waals surface area contributed by atoms with Gasteiger partial charge in [-0.25, -0.2) is 10.2 Å². The maximum atomic E-state index is 12.5. The van der Waals surface area contributed by atoms with Crippen LogP contribution in [0.5, 0.6) is 17.2 Å². The van der Waals surface area contributed by atoms with Gasteiger partial charge >= 0.3 is 5.97 Å². The number of aryl methyl sites for hydroxylation is 1. The minimum Gasteiger partial charge on any atom is -0.490 e. The van der Waals surface area contributed by atoms with Crippen molar-refractivity contribution in [2.45, 2.75) is 20.8 Å². The highest BCUT2D eigenvalue weighted by Gasteiger charge is 2.15. The molecule has 3 rings (SSSR count). The Morgan fingerprint density at radius 2 is 1.75 bits per heavy atom. The summed E-state index contributed by atoms with van der Waals surface area (Å²) in [5.74, 6) is -0.0202. The van der Waals surface area contributed by atoms with Gasteiger partial charge in [0.15, 0.2) is 18.1 Å². The highest BCUT2D eigenvalue weighted by Crippen LogP contribution is 2.29. The molecule has 0 aliphatic rings. The highest BCUT2D eigenvalue weighted by atomic mass is 16.6. The lowest BCUT2D eigenvalue weighted by atomic mass is 10.1. The van der Waals surface area contributed by atoms with Crippen LogP contribution < -0.4 is 19.6 Å². The predicted octanol–water partition coefficient (Wildman–Crippen LogP) is 4.36. The SMILES string of the molecule is CCOc1cc(/C=N\NC(=O)COc2cccc(C)c2C)ccc1OC(=O)c1ccc([N+](=O)[O-])cc1. The van der Waals surface area contributed by atoms with E-state index in [4.69, 9.17) is 14.2 Å². The maximum absolute atomic E-state index is 12.5. The van der Waals surface area contributed by atoms with Crippen molar-refractivity contribution in [1.29, 1.82) is 0 Å². The second kappa shape index (κ2) is 12.1. The molecular formula is C26H25N3O7. The smallest absolute Gasteiger partial charge is 0.343 e. The van der Waals surface area contributed by atoms with Crippen molar-refractivity contribution in [3.05, 3.63) is 93.0 Å². The van der Waals surface area contributed by atoms with Gasteiger partial charge in [-0.2, -0.15) is 5.10 Å². The minimum absolute atomic E-state index is 0.130. The Morgan fingerprint density at radius 1 is 1.00 bits per heavy atom. The van der Waals surface area contributed by atoms with Crippen LogP contribution >= 0.6 is 0 Å². The molecule has 3 aromatic rings. The molecule has 0 aliphatic carbocycles. The van der Waals surface area contributed by atoms with Crippen LogP contribution in [0.25, 0.3) is 0 Å². The van der Waals surface area contributed by atoms with Crippen molar-refractivity contribution >= 4 is 23.8 Å². The molecule has 0 heterocycles. The zero-order valence-electron chi connectivity index (χ0n) is 20.0. The van der Waals surface area contributed by atoms with Crippen molar-refractivity contribution in [2.24, 2.45) is 5.10 Å². The number of nitrogens with zero attached hydrogens (tertiary/aromatic N) is 2. The van der Waals surface area contributed by atoms with Crippen molar-refractivity contribution in [3.63, 3.8) is 0 Å². The van der Waals surface area contributed by atoms with Crippen LogP contribution in [0.1, 0.15) is 34.0 Å². The summed E-state index contributed by atoms with van der Waals surface area (Å²) in [6.45, 7) is 5.78. The second-order valence-electron chi connectivity index (χ2n) is 7.61. The quantitative estimate of drug-likeness (QED) is 0.147. The summed E-state index contributed by atoms with van der Waals surface area (Å²) in [6, 6.07) is 15.4. The third-order valence-corrected chi connectivity index (χ3v) is 5.10. The number of nitrogens with one attached hydrogen (secondary N) is 1. The van der Waals surface area contributed by atoms with Crippen LogP contribution in [0.3, 0.4) is 0 Å². The van der Waals surface area contributed by atoms with Gasteiger partial charge in [-0.05, 0) is 73.9 Å². The number of benzene rings is 3. The van der Waals surface area contributed by atoms with E-state index in [9.17, 15) is 19.7 Å². The zero-order chi connectivity index (χ0) is 26.1. The number of amides is 1. The normalized spacial score (nSPS) is 10.6. The molecule has 0 saturated carbocycles. The van der Waals surface area contributed by atoms with Crippen molar-refractivity contribution in [2.75, 3.05) is 13.2 Å². The number of carbonyl (C=O) groups is 2. The Hall–Kier alpha value is -4.73. The van der Waals surface area contributed by atoms with E-state index in [1.54, 1.807) is 25.1 Å². The summed E-state index contributed by atoms with van der Waals surface area (Å²) in [4.78, 5) is 34.8. The molecule has 3 aromatic carbocycles. The molecule has 1 N–H and O–H groups in total. The molecule has 0 spiro atoms. The highest BCUT2D eigenvalue weighted by molar-refractivity contribution is 5.92. The Bertz CT molecular complexity index is 1290. The zero-order valence-corrected chi connectivity index (χ0v) is 20.0. The summed E-state index contributed by atoms with van der Waals surface area (Å²) in [7, 11) is 0. The van der Waals surface area contributed by atoms with Crippen LogP contribution in [0.2, 0.25) is 0 Å². The first-order valence-electron chi connectivity index (χ1n) is 11.0. The van der Waals surface area contributed by atoms with Gasteiger partial charge < -0.3 is 14.2 Å². The largest absolute Gasteiger partial charge is 0.490 e. The third kappa shape index (κ3) is 6.89. The number of esters is 1. The molecule has 10 nitrogen and oxygen atoms in total. The Morgan fingerprint density at radius 3 is 2.44 bits per heavy atom. The summed E-state index contributed by atoms with van der Waals surface area (Å²) in [5, 5.41) is 14.7. The summed E-state index contributed by atoms with van der Waals surface area (Å²) in [6.07, 6.45) is 1.42. The first-order valence-corrected chi connectivity index (χ1v) is 11.0. The van der Waals surface area contributed by atoms with Crippen molar-refractivity contribution in [3.8, 4) is 17.2 Å². The lowest BCUT2D eigenvalue weighted by Crippen LogP contribution is -2.24. The number of nitro benzene ring substituents is 1. The predicted molar refractivity (Wildman–Crippen MR) is 133 cm³/mol. The molecule has 0 saturated heterocycles. The number of non-ortho nitro benzene ring substituents is 1. The van der Waals surface area contributed by atoms with Crippen LogP contribution in [0.4, 0.5) is 5.69 Å². The van der Waals surface area contributed by atoms with Crippen molar-refractivity contribution < 1.29 is 28.7 Å². The van der Waals surface area contributed by atoms with Crippen LogP contribution in [-0.2, 0) is 4.79 Å². The molecule has 0 fully saturated rings. The number of nitro groups is 1. The van der Waals surface area contributed by atoms with Crippen LogP contribution in [0, 0.1) is 24.0 Å². The van der Waals surface area contributed by atoms with E-state index in [1.165, 1.54) is 36.5 Å². The number of hydrogen-bond acceptors (Lipinski definition) is 8. The van der Waals surface area contributed by atoms with E-state index in [1.807, 2.05) is 26.0 Å². The number of carbonyl (C=O) groups excluding carboxylic acids is 2. The van der Waals surface area contributed by atoms with Gasteiger partial charge in [0.05, 0.1) is 23.3 Å². The Balaban J connectivity index is 1.61. The molecule has 0 aromatic heterocycles. The number of hydrazone groups is 1. The van der Waals surface area contributed by atoms with E-state index < -0.39 is 16.8 Å². The molecule has 0 radical (unpaired) electrons. The van der Waals surface area contributed by atoms with Crippen LogP contribution in [0.15, 0.2) is 65.8 Å². The standard InChI is InChI=1S/C26H25N3O7/c1-4-34-24-14-19(15-27-28-25(30)16-35-22-7-5-6-17(2)18(22)3)8-13-23(24)36-26(31)20-9-11-21(12-10-20)29(32)33/h5-15H,4,16H2,1-3H3,(H,28,30)/b27-15-. The summed E-state index contributed by atoms with van der Waals surface area (Å²) >= 11 is 0. The summed E-state index contributed by atoms with van der Waals surface area (Å²) < 4.78 is 16.5. The molecule has 1 amide bonds. The molecule has 36 heavy (non-hydrogen) atoms. The van der Waals surface area contributed by atoms with Gasteiger partial charge in [0, 0.05) is 12.1 Å². The van der Waals surface area contributed by atoms with E-state index in [0.29, 0.717) is 23.7 Å². The molecule has 0 atom stereocenters. The molecule has 186 valence electrons. The number of ether oxygens (including phenoxy) is 3. The topological polar surface area (TPSA) is 129 Å². The first-order chi connectivity index (χ1) is 17.3. The molecule has 0 bridgehead atoms. The van der Waals surface area contributed by atoms with Gasteiger partial charge in [-0.3, -0.25) is 14.9 Å². The van der Waals surface area contributed by atoms with E-state index in [2.05, 4.69) is 10.5 Å². The second-order valence-corrected chi connectivity index (χ2v) is 7.61. The van der Waals surface area contributed by atoms with Gasteiger partial charge in [-0.15, -0.1) is 0 Å². The first kappa shape index (κ1) is 25.9. The molecule has 0 aliphatic heterocycles. The average Bonchev–Trinajstić information content (AvgIpc) is 2.86. The van der Waals surface area contributed by atoms with Gasteiger partial charge in [0.2, 0.25) is 0 Å². The van der Waals surface area contributed by atoms with Gasteiger partial charge in [-0.1, -0.05) is 12.1 Å². The van der Waals surface area contributed by atoms with Gasteiger partial charge in [0.25, 0.3) is 11.6 Å². The van der Waals surface area contributed by atoms with E-state index in [0.717, 1.165) is 11.1 Å². The monoisotopic (exact) mass is 491 g/mol. The fourth-order valence-electron chi connectivity index (χ4n) is 3.07. The fourth-order valence-corrected chi connectivity index (χ4v) is 3.07. The lowest BCUT2D eigenvalue weighted by Gasteiger charge is -2.11. The number of rotatable bonds is 10. The lowest BCUT2D eigenvalue weighted by molar-refractivity contribution is -0.384. The van der Waals surface area contributed by atoms with Crippen molar-refractivity contribution in [1.82, 2.24) is 5.43 Å².